The van der Waals surface area contributed by atoms with Crippen LogP contribution >= 0.6 is 11.6 Å². The van der Waals surface area contributed by atoms with Crippen LogP contribution in [-0.4, -0.2) is 53.2 Å². The topological polar surface area (TPSA) is 115 Å². The van der Waals surface area contributed by atoms with E-state index in [9.17, 15) is 19.6 Å². The van der Waals surface area contributed by atoms with Gasteiger partial charge < -0.3 is 19.9 Å². The van der Waals surface area contributed by atoms with Gasteiger partial charge >= 0.3 is 0 Å². The van der Waals surface area contributed by atoms with Crippen molar-refractivity contribution < 1.29 is 19.1 Å². The number of likely N-dealkylation sites (tertiary alicyclic amines) is 1. The summed E-state index contributed by atoms with van der Waals surface area (Å²) < 4.78 is 5.42. The molecule has 1 aromatic heterocycles. The molecule has 9 heteroatoms. The van der Waals surface area contributed by atoms with Crippen LogP contribution in [0.15, 0.2) is 18.2 Å². The van der Waals surface area contributed by atoms with Gasteiger partial charge in [-0.2, -0.15) is 5.26 Å². The molecule has 2 amide bonds. The summed E-state index contributed by atoms with van der Waals surface area (Å²) in [6, 6.07) is 5.94. The maximum atomic E-state index is 13.7. The first-order valence-corrected chi connectivity index (χ1v) is 12.7. The average molecular weight is 497 g/mol. The summed E-state index contributed by atoms with van der Waals surface area (Å²) in [5, 5.41) is 13.8. The molecule has 5 rings (SSSR count). The minimum absolute atomic E-state index is 0.0692. The number of aromatic amines is 1. The molecule has 2 heterocycles. The summed E-state index contributed by atoms with van der Waals surface area (Å²) in [4.78, 5) is 44.0. The molecule has 184 valence electrons. The van der Waals surface area contributed by atoms with Gasteiger partial charge in [0.15, 0.2) is 0 Å². The number of ketones is 1. The Balaban J connectivity index is 1.38. The van der Waals surface area contributed by atoms with E-state index in [1.54, 1.807) is 30.2 Å². The number of methoxy groups -OCH3 is 1. The zero-order chi connectivity index (χ0) is 24.7. The Hall–Kier alpha value is -3.05. The second-order valence-corrected chi connectivity index (χ2v) is 10.4. The molecule has 1 saturated heterocycles. The van der Waals surface area contributed by atoms with Crippen molar-refractivity contribution in [2.24, 2.45) is 17.8 Å². The van der Waals surface area contributed by atoms with E-state index in [1.807, 2.05) is 0 Å². The number of benzene rings is 1. The van der Waals surface area contributed by atoms with Crippen molar-refractivity contribution in [3.63, 3.8) is 0 Å². The third kappa shape index (κ3) is 4.38. The van der Waals surface area contributed by atoms with E-state index in [0.29, 0.717) is 41.4 Å². The van der Waals surface area contributed by atoms with Crippen LogP contribution in [0.4, 0.5) is 0 Å². The van der Waals surface area contributed by atoms with Gasteiger partial charge in [-0.15, -0.1) is 0 Å². The molecule has 2 aromatic rings. The third-order valence-corrected chi connectivity index (χ3v) is 8.18. The molecule has 3 aliphatic rings. The van der Waals surface area contributed by atoms with E-state index in [0.717, 1.165) is 37.5 Å². The lowest BCUT2D eigenvalue weighted by Gasteiger charge is -2.28. The molecule has 35 heavy (non-hydrogen) atoms. The highest BCUT2D eigenvalue weighted by Crippen LogP contribution is 2.43. The van der Waals surface area contributed by atoms with Crippen LogP contribution < -0.4 is 10.1 Å². The van der Waals surface area contributed by atoms with Gasteiger partial charge in [0, 0.05) is 29.3 Å². The summed E-state index contributed by atoms with van der Waals surface area (Å²) in [6.07, 6.45) is 5.36. The van der Waals surface area contributed by atoms with Crippen molar-refractivity contribution in [2.45, 2.75) is 57.0 Å². The van der Waals surface area contributed by atoms with Gasteiger partial charge in [0.25, 0.3) is 5.91 Å². The van der Waals surface area contributed by atoms with Crippen LogP contribution in [0, 0.1) is 29.1 Å². The molecule has 2 N–H and O–H groups in total. The van der Waals surface area contributed by atoms with Gasteiger partial charge in [-0.3, -0.25) is 14.4 Å². The van der Waals surface area contributed by atoms with Crippen molar-refractivity contribution in [1.29, 1.82) is 5.26 Å². The monoisotopic (exact) mass is 496 g/mol. The largest absolute Gasteiger partial charge is 0.496 e. The Kier molecular flexibility index (Phi) is 6.45. The number of aromatic nitrogens is 1. The van der Waals surface area contributed by atoms with Crippen molar-refractivity contribution in [3.05, 3.63) is 28.9 Å². The molecule has 1 aliphatic heterocycles. The Bertz CT molecular complexity index is 1220. The minimum Gasteiger partial charge on any atom is -0.496 e. The van der Waals surface area contributed by atoms with Crippen molar-refractivity contribution in [1.82, 2.24) is 15.2 Å². The normalized spacial score (nSPS) is 26.5. The van der Waals surface area contributed by atoms with Gasteiger partial charge in [0.05, 0.1) is 18.7 Å². The first-order chi connectivity index (χ1) is 16.9. The average Bonchev–Trinajstić information content (AvgIpc) is 3.61. The number of carbonyl (C=O) groups excluding carboxylic acids is 3. The van der Waals surface area contributed by atoms with E-state index >= 15 is 0 Å². The summed E-state index contributed by atoms with van der Waals surface area (Å²) in [7, 11) is 1.55. The highest BCUT2D eigenvalue weighted by molar-refractivity contribution is 6.31. The Morgan fingerprint density at radius 2 is 2.11 bits per heavy atom. The lowest BCUT2D eigenvalue weighted by Crippen LogP contribution is -2.51. The lowest BCUT2D eigenvalue weighted by molar-refractivity contribution is -0.127. The fourth-order valence-electron chi connectivity index (χ4n) is 6.28. The highest BCUT2D eigenvalue weighted by atomic mass is 35.5. The van der Waals surface area contributed by atoms with Gasteiger partial charge in [0.2, 0.25) is 5.91 Å². The molecule has 5 atom stereocenters. The van der Waals surface area contributed by atoms with Crippen LogP contribution in [0.2, 0.25) is 5.02 Å². The second kappa shape index (κ2) is 9.54. The van der Waals surface area contributed by atoms with Crippen molar-refractivity contribution in [3.8, 4) is 11.8 Å². The van der Waals surface area contributed by atoms with Gasteiger partial charge in [0.1, 0.15) is 29.3 Å². The number of carbonyl (C=O) groups is 3. The number of H-pyrrole nitrogens is 1. The number of nitriles is 1. The first kappa shape index (κ1) is 23.7. The van der Waals surface area contributed by atoms with Gasteiger partial charge in [-0.05, 0) is 62.1 Å². The number of hydrogen-bond donors (Lipinski definition) is 2. The van der Waals surface area contributed by atoms with Crippen molar-refractivity contribution >= 4 is 40.1 Å². The Labute approximate surface area is 208 Å². The molecule has 3 fully saturated rings. The fourth-order valence-corrected chi connectivity index (χ4v) is 6.49. The molecule has 0 bridgehead atoms. The van der Waals surface area contributed by atoms with E-state index in [2.05, 4.69) is 16.4 Å². The molecular formula is C26H29ClN4O4. The third-order valence-electron chi connectivity index (χ3n) is 7.96. The van der Waals surface area contributed by atoms with Gasteiger partial charge in [-0.1, -0.05) is 18.0 Å². The van der Waals surface area contributed by atoms with E-state index in [1.165, 1.54) is 0 Å². The number of Topliss-reactive ketones (excluding diaryl/α,β-unsaturated/α-hetero) is 1. The van der Waals surface area contributed by atoms with Crippen LogP contribution in [0.3, 0.4) is 0 Å². The number of ether oxygens (including phenoxy) is 1. The number of fused-ring (bicyclic) bond motifs is 2. The molecule has 2 saturated carbocycles. The molecule has 2 aliphatic carbocycles. The molecule has 0 radical (unpaired) electrons. The zero-order valence-electron chi connectivity index (χ0n) is 19.7. The molecule has 8 nitrogen and oxygen atoms in total. The molecule has 0 spiro atoms. The predicted octanol–water partition coefficient (Wildman–Crippen LogP) is 3.84. The van der Waals surface area contributed by atoms with E-state index in [4.69, 9.17) is 16.3 Å². The van der Waals surface area contributed by atoms with Crippen molar-refractivity contribution in [2.75, 3.05) is 13.7 Å². The number of rotatable bonds is 6. The quantitative estimate of drug-likeness (QED) is 0.630. The minimum atomic E-state index is -0.744. The summed E-state index contributed by atoms with van der Waals surface area (Å²) in [6.45, 7) is 0.507. The molecule has 1 aromatic carbocycles. The zero-order valence-corrected chi connectivity index (χ0v) is 20.4. The van der Waals surface area contributed by atoms with Gasteiger partial charge in [-0.25, -0.2) is 0 Å². The molecular weight excluding hydrogens is 468 g/mol. The first-order valence-electron chi connectivity index (χ1n) is 12.3. The summed E-state index contributed by atoms with van der Waals surface area (Å²) >= 11 is 6.18. The SMILES string of the molecule is COc1cc(Cl)cc2[nH]c(C(=O)N3CC4CCCC4C3C(=O)NC(C#N)CC3CCCC3=O)cc12. The lowest BCUT2D eigenvalue weighted by atomic mass is 9.92. The highest BCUT2D eigenvalue weighted by Gasteiger charge is 2.50. The van der Waals surface area contributed by atoms with Crippen LogP contribution in [0.25, 0.3) is 10.9 Å². The number of nitrogens with zero attached hydrogens (tertiary/aromatic N) is 2. The summed E-state index contributed by atoms with van der Waals surface area (Å²) in [5.74, 6) is 0.333. The number of nitrogens with one attached hydrogen (secondary N) is 2. The van der Waals surface area contributed by atoms with Crippen LogP contribution in [-0.2, 0) is 9.59 Å². The fraction of sp³-hybridized carbons (Fsp3) is 0.538. The number of hydrogen-bond acceptors (Lipinski definition) is 5. The maximum Gasteiger partial charge on any atom is 0.271 e. The number of halogens is 1. The maximum absolute atomic E-state index is 13.7. The van der Waals surface area contributed by atoms with Crippen LogP contribution in [0.5, 0.6) is 5.75 Å². The smallest absolute Gasteiger partial charge is 0.271 e. The Morgan fingerprint density at radius 1 is 1.29 bits per heavy atom. The van der Waals surface area contributed by atoms with E-state index in [-0.39, 0.29) is 35.4 Å². The van der Waals surface area contributed by atoms with Crippen LogP contribution in [0.1, 0.15) is 55.4 Å². The number of amides is 2. The summed E-state index contributed by atoms with van der Waals surface area (Å²) in [5.41, 5.74) is 1.05. The standard InChI is InChI=1S/C26H29ClN4O4/c1-35-23-10-16(27)9-20-19(23)11-21(30-20)26(34)31-13-15-5-2-6-18(15)24(31)25(33)29-17(12-28)8-14-4-3-7-22(14)32/h9-11,14-15,17-18,24,30H,2-8,13H2,1H3,(H,29,33). The Morgan fingerprint density at radius 3 is 2.83 bits per heavy atom. The predicted molar refractivity (Wildman–Crippen MR) is 130 cm³/mol. The van der Waals surface area contributed by atoms with E-state index < -0.39 is 12.1 Å². The molecule has 5 unspecified atom stereocenters. The second-order valence-electron chi connectivity index (χ2n) is 9.99.